The zero-order valence-electron chi connectivity index (χ0n) is 9.30. The highest BCUT2D eigenvalue weighted by Crippen LogP contribution is 2.30. The summed E-state index contributed by atoms with van der Waals surface area (Å²) >= 11 is 0. The molecule has 97 valence electrons. The van der Waals surface area contributed by atoms with Gasteiger partial charge in [-0.05, 0) is 0 Å². The fraction of sp³-hybridized carbons (Fsp3) is 0. The van der Waals surface area contributed by atoms with Gasteiger partial charge in [-0.3, -0.25) is 0 Å². The van der Waals surface area contributed by atoms with Gasteiger partial charge in [0.15, 0.2) is 23.3 Å². The van der Waals surface area contributed by atoms with Crippen molar-refractivity contribution in [2.45, 2.75) is 0 Å². The van der Waals surface area contributed by atoms with E-state index in [9.17, 15) is 17.6 Å². The Labute approximate surface area is 109 Å². The summed E-state index contributed by atoms with van der Waals surface area (Å²) in [5.74, 6) is -5.94. The molecule has 20 heavy (non-hydrogen) atoms. The lowest BCUT2D eigenvalue weighted by Gasteiger charge is -2.09. The van der Waals surface area contributed by atoms with Crippen LogP contribution in [0.25, 0.3) is 16.6 Å². The Morgan fingerprint density at radius 2 is 1.15 bits per heavy atom. The third-order valence-corrected chi connectivity index (χ3v) is 2.21. The monoisotopic (exact) mass is 276 g/mol. The van der Waals surface area contributed by atoms with Gasteiger partial charge in [0.25, 0.3) is 0 Å². The van der Waals surface area contributed by atoms with Crippen LogP contribution in [0.4, 0.5) is 17.6 Å². The molecule has 0 aromatic heterocycles. The molecule has 1 radical (unpaired) electrons. The lowest BCUT2D eigenvalue weighted by atomic mass is 9.99. The molecule has 0 heterocycles. The summed E-state index contributed by atoms with van der Waals surface area (Å²) in [6, 6.07) is 2.17. The second-order valence-electron chi connectivity index (χ2n) is 3.20. The topological polar surface area (TPSA) is 92.2 Å². The van der Waals surface area contributed by atoms with E-state index in [0.717, 1.165) is 23.9 Å². The standard InChI is InChI=1S/C12F4N4/c13-9-7(5(1-17)2-18)10(14)12(16)8(11(9)15)6(3-19)4-20/q-1. The first-order valence-corrected chi connectivity index (χ1v) is 4.65. The lowest BCUT2D eigenvalue weighted by Crippen LogP contribution is -2.08. The highest BCUT2D eigenvalue weighted by atomic mass is 19.2. The predicted molar refractivity (Wildman–Crippen MR) is 59.8 cm³/mol. The largest absolute Gasteiger partial charge is 0.762 e. The van der Waals surface area contributed by atoms with Crippen molar-refractivity contribution < 1.29 is 17.6 Å². The van der Waals surface area contributed by atoms with E-state index < -0.39 is 45.5 Å². The second-order valence-corrected chi connectivity index (χ2v) is 3.20. The molecule has 1 rings (SSSR count). The fourth-order valence-corrected chi connectivity index (χ4v) is 1.34. The number of halogens is 4. The number of rotatable bonds is 2. The van der Waals surface area contributed by atoms with Gasteiger partial charge in [-0.1, -0.05) is 5.41 Å². The Morgan fingerprint density at radius 3 is 1.40 bits per heavy atom. The number of hydrogen-bond donors (Lipinski definition) is 0. The maximum absolute atomic E-state index is 13.6. The first kappa shape index (κ1) is 14.9. The van der Waals surface area contributed by atoms with Crippen molar-refractivity contribution in [2.75, 3.05) is 0 Å². The molecule has 0 unspecified atom stereocenters. The Balaban J connectivity index is 3.97. The van der Waals surface area contributed by atoms with E-state index in [0.29, 0.717) is 0 Å². The smallest absolute Gasteiger partial charge is 0.171 e. The van der Waals surface area contributed by atoms with Gasteiger partial charge >= 0.3 is 0 Å². The molecule has 0 aliphatic carbocycles. The molecular formula is C12F4N4-. The highest BCUT2D eigenvalue weighted by molar-refractivity contribution is 6.00. The molecule has 0 aliphatic rings. The quantitative estimate of drug-likeness (QED) is 0.356. The van der Waals surface area contributed by atoms with Gasteiger partial charge in [0, 0.05) is 5.87 Å². The zero-order valence-corrected chi connectivity index (χ0v) is 9.30. The molecule has 0 aliphatic heterocycles. The van der Waals surface area contributed by atoms with Crippen LogP contribution in [0, 0.1) is 45.9 Å². The van der Waals surface area contributed by atoms with E-state index in [1.807, 2.05) is 0 Å². The Kier molecular flexibility index (Phi) is 4.20. The van der Waals surface area contributed by atoms with Crippen LogP contribution < -0.4 is 5.41 Å². The number of benzene rings is 1. The third-order valence-electron chi connectivity index (χ3n) is 2.21. The number of hydrogen-bond acceptors (Lipinski definition) is 2. The average Bonchev–Trinajstić information content (AvgIpc) is 2.46. The first-order valence-electron chi connectivity index (χ1n) is 4.65. The summed E-state index contributed by atoms with van der Waals surface area (Å²) in [6.45, 7) is 0. The van der Waals surface area contributed by atoms with Crippen molar-refractivity contribution in [1.29, 1.82) is 10.5 Å². The van der Waals surface area contributed by atoms with Crippen molar-refractivity contribution in [1.82, 2.24) is 5.41 Å². The van der Waals surface area contributed by atoms with E-state index in [2.05, 4.69) is 0 Å². The van der Waals surface area contributed by atoms with Gasteiger partial charge in [-0.15, -0.1) is 0 Å². The highest BCUT2D eigenvalue weighted by Gasteiger charge is 2.29. The SMILES string of the molecule is [N]=C=C(C#N)c1c(F)c(F)c(C(=C=[N-])C#N)c(F)c1F. The normalized spacial score (nSPS) is 8.90. The molecule has 0 saturated heterocycles. The van der Waals surface area contributed by atoms with Gasteiger partial charge < -0.3 is 5.41 Å². The molecule has 1 aromatic rings. The molecule has 4 nitrogen and oxygen atoms in total. The molecule has 0 bridgehead atoms. The number of allylic oxidation sites excluding steroid dienone is 2. The maximum atomic E-state index is 13.6. The summed E-state index contributed by atoms with van der Waals surface area (Å²) in [7, 11) is 0. The molecular weight excluding hydrogens is 276 g/mol. The summed E-state index contributed by atoms with van der Waals surface area (Å²) < 4.78 is 54.5. The molecule has 0 saturated carbocycles. The van der Waals surface area contributed by atoms with E-state index >= 15 is 0 Å². The maximum Gasteiger partial charge on any atom is 0.171 e. The minimum absolute atomic E-state index is 1.09. The van der Waals surface area contributed by atoms with Gasteiger partial charge in [-0.2, -0.15) is 10.5 Å². The molecule has 0 spiro atoms. The van der Waals surface area contributed by atoms with Crippen LogP contribution in [0.3, 0.4) is 0 Å². The first-order chi connectivity index (χ1) is 9.44. The summed E-state index contributed by atoms with van der Waals surface area (Å²) in [5, 5.41) is 33.9. The zero-order chi connectivity index (χ0) is 15.4. The summed E-state index contributed by atoms with van der Waals surface area (Å²) in [5.41, 5.74) is -5.33. The van der Waals surface area contributed by atoms with Crippen LogP contribution >= 0.6 is 0 Å². The van der Waals surface area contributed by atoms with Crippen molar-refractivity contribution in [2.24, 2.45) is 0 Å². The van der Waals surface area contributed by atoms with Crippen molar-refractivity contribution >= 4 is 22.9 Å². The van der Waals surface area contributed by atoms with Crippen LogP contribution in [0.15, 0.2) is 0 Å². The molecule has 1 aromatic carbocycles. The van der Waals surface area contributed by atoms with E-state index in [1.54, 1.807) is 0 Å². The second kappa shape index (κ2) is 5.64. The molecule has 0 N–H and O–H groups in total. The Bertz CT molecular complexity index is 689. The number of nitrogens with zero attached hydrogens (tertiary/aromatic N) is 4. The molecule has 0 amide bonds. The van der Waals surface area contributed by atoms with E-state index in [1.165, 1.54) is 0 Å². The van der Waals surface area contributed by atoms with Crippen LogP contribution in [-0.2, 0) is 0 Å². The van der Waals surface area contributed by atoms with Gasteiger partial charge in [0.05, 0.1) is 16.7 Å². The predicted octanol–water partition coefficient (Wildman–Crippen LogP) is 1.77. The Hall–Kier alpha value is -3.18. The van der Waals surface area contributed by atoms with Crippen LogP contribution in [0.2, 0.25) is 0 Å². The van der Waals surface area contributed by atoms with E-state index in [-0.39, 0.29) is 0 Å². The van der Waals surface area contributed by atoms with Crippen molar-refractivity contribution in [3.63, 3.8) is 0 Å². The average molecular weight is 276 g/mol. The summed E-state index contributed by atoms with van der Waals surface area (Å²) in [4.78, 5) is 0. The molecule has 0 fully saturated rings. The molecule has 0 atom stereocenters. The van der Waals surface area contributed by atoms with Gasteiger partial charge in [-0.25, -0.2) is 23.4 Å². The van der Waals surface area contributed by atoms with Gasteiger partial charge in [0.2, 0.25) is 0 Å². The van der Waals surface area contributed by atoms with Crippen LogP contribution in [0.1, 0.15) is 11.1 Å². The van der Waals surface area contributed by atoms with Gasteiger partial charge in [0.1, 0.15) is 17.7 Å². The summed E-state index contributed by atoms with van der Waals surface area (Å²) in [6.07, 6.45) is 0. The van der Waals surface area contributed by atoms with Crippen molar-refractivity contribution in [3.8, 4) is 12.1 Å². The van der Waals surface area contributed by atoms with Crippen molar-refractivity contribution in [3.05, 3.63) is 39.8 Å². The molecule has 8 heteroatoms. The number of nitriles is 2. The lowest BCUT2D eigenvalue weighted by molar-refractivity contribution is 0.447. The van der Waals surface area contributed by atoms with Crippen LogP contribution in [-0.4, -0.2) is 11.7 Å². The van der Waals surface area contributed by atoms with Crippen LogP contribution in [0.5, 0.6) is 0 Å². The van der Waals surface area contributed by atoms with E-state index in [4.69, 9.17) is 21.3 Å². The third kappa shape index (κ3) is 2.09. The minimum Gasteiger partial charge on any atom is -0.762 e. The minimum atomic E-state index is -2.03. The Morgan fingerprint density at radius 1 is 0.800 bits per heavy atom. The fourth-order valence-electron chi connectivity index (χ4n) is 1.34.